The summed E-state index contributed by atoms with van der Waals surface area (Å²) in [6.07, 6.45) is 1.97. The smallest absolute Gasteiger partial charge is 0.249 e. The minimum Gasteiger partial charge on any atom is -0.496 e. The lowest BCUT2D eigenvalue weighted by Crippen LogP contribution is -2.33. The van der Waals surface area contributed by atoms with Crippen molar-refractivity contribution in [2.75, 3.05) is 27.4 Å². The fraction of sp³-hybridized carbons (Fsp3) is 0.500. The molecule has 4 nitrogen and oxygen atoms in total. The van der Waals surface area contributed by atoms with Crippen LogP contribution in [0.5, 0.6) is 5.75 Å². The first-order chi connectivity index (χ1) is 9.17. The lowest BCUT2D eigenvalue weighted by Gasteiger charge is -2.26. The Bertz CT molecular complexity index is 464. The van der Waals surface area contributed by atoms with E-state index in [0.29, 0.717) is 0 Å². The van der Waals surface area contributed by atoms with E-state index >= 15 is 0 Å². The summed E-state index contributed by atoms with van der Waals surface area (Å²) in [5.41, 5.74) is 1.05. The summed E-state index contributed by atoms with van der Waals surface area (Å²) in [6.45, 7) is 0.912. The third-order valence-electron chi connectivity index (χ3n) is 3.39. The zero-order valence-electron chi connectivity index (χ0n) is 11.2. The van der Waals surface area contributed by atoms with E-state index in [9.17, 15) is 4.79 Å². The normalized spacial score (nSPS) is 18.7. The molecule has 5 heteroatoms. The second kappa shape index (κ2) is 6.39. The summed E-state index contributed by atoms with van der Waals surface area (Å²) >= 11 is 3.48. The Balaban J connectivity index is 2.29. The molecule has 1 saturated heterocycles. The van der Waals surface area contributed by atoms with Crippen molar-refractivity contribution in [2.24, 2.45) is 0 Å². The number of carbonyl (C=O) groups excluding carboxylic acids is 1. The Labute approximate surface area is 121 Å². The van der Waals surface area contributed by atoms with E-state index in [1.54, 1.807) is 14.2 Å². The van der Waals surface area contributed by atoms with Crippen molar-refractivity contribution in [1.82, 2.24) is 4.90 Å². The van der Waals surface area contributed by atoms with E-state index in [1.165, 1.54) is 0 Å². The van der Waals surface area contributed by atoms with Crippen LogP contribution in [0.15, 0.2) is 22.7 Å². The van der Waals surface area contributed by atoms with Crippen LogP contribution in [-0.4, -0.2) is 38.2 Å². The van der Waals surface area contributed by atoms with E-state index < -0.39 is 0 Å². The number of halogens is 1. The number of benzene rings is 1. The second-order valence-corrected chi connectivity index (χ2v) is 5.48. The minimum atomic E-state index is 0.0343. The summed E-state index contributed by atoms with van der Waals surface area (Å²) in [5.74, 6) is 0.859. The number of carbonyl (C=O) groups is 1. The molecule has 19 heavy (non-hydrogen) atoms. The van der Waals surface area contributed by atoms with Crippen molar-refractivity contribution in [3.63, 3.8) is 0 Å². The first-order valence-corrected chi connectivity index (χ1v) is 7.08. The van der Waals surface area contributed by atoms with Crippen molar-refractivity contribution >= 4 is 21.8 Å². The van der Waals surface area contributed by atoms with Gasteiger partial charge in [-0.3, -0.25) is 4.79 Å². The number of amides is 1. The molecule has 0 unspecified atom stereocenters. The van der Waals surface area contributed by atoms with Crippen LogP contribution in [0.3, 0.4) is 0 Å². The molecule has 104 valence electrons. The largest absolute Gasteiger partial charge is 0.496 e. The van der Waals surface area contributed by atoms with Crippen LogP contribution in [0.25, 0.3) is 0 Å². The standard InChI is InChI=1S/C14H18BrNO3/c1-18-9-14(17)16-7-3-4-12(16)11-8-10(15)5-6-13(11)19-2/h5-6,8,12H,3-4,7,9H2,1-2H3/t12-/m0/s1. The van der Waals surface area contributed by atoms with Crippen molar-refractivity contribution < 1.29 is 14.3 Å². The van der Waals surface area contributed by atoms with Crippen LogP contribution < -0.4 is 4.74 Å². The predicted octanol–water partition coefficient (Wildman–Crippen LogP) is 2.77. The van der Waals surface area contributed by atoms with Gasteiger partial charge in [0, 0.05) is 23.7 Å². The lowest BCUT2D eigenvalue weighted by molar-refractivity contribution is -0.136. The van der Waals surface area contributed by atoms with E-state index in [-0.39, 0.29) is 18.6 Å². The average molecular weight is 328 g/mol. The summed E-state index contributed by atoms with van der Waals surface area (Å²) in [7, 11) is 3.20. The van der Waals surface area contributed by atoms with E-state index in [1.807, 2.05) is 23.1 Å². The molecular formula is C14H18BrNO3. The van der Waals surface area contributed by atoms with Crippen LogP contribution in [0.2, 0.25) is 0 Å². The fourth-order valence-electron chi connectivity index (χ4n) is 2.56. The monoisotopic (exact) mass is 327 g/mol. The summed E-state index contributed by atoms with van der Waals surface area (Å²) in [4.78, 5) is 13.9. The summed E-state index contributed by atoms with van der Waals surface area (Å²) < 4.78 is 11.4. The van der Waals surface area contributed by atoms with Gasteiger partial charge in [-0.25, -0.2) is 0 Å². The number of ether oxygens (including phenoxy) is 2. The average Bonchev–Trinajstić information content (AvgIpc) is 2.88. The van der Waals surface area contributed by atoms with Gasteiger partial charge < -0.3 is 14.4 Å². The number of likely N-dealkylation sites (tertiary alicyclic amines) is 1. The van der Waals surface area contributed by atoms with Gasteiger partial charge in [-0.1, -0.05) is 15.9 Å². The molecular weight excluding hydrogens is 310 g/mol. The number of methoxy groups -OCH3 is 2. The third kappa shape index (κ3) is 3.09. The van der Waals surface area contributed by atoms with E-state index in [2.05, 4.69) is 15.9 Å². The first kappa shape index (κ1) is 14.3. The molecule has 0 aromatic heterocycles. The van der Waals surface area contributed by atoms with Gasteiger partial charge in [0.2, 0.25) is 5.91 Å². The van der Waals surface area contributed by atoms with Gasteiger partial charge >= 0.3 is 0 Å². The highest BCUT2D eigenvalue weighted by atomic mass is 79.9. The fourth-order valence-corrected chi connectivity index (χ4v) is 2.94. The molecule has 1 aliphatic rings. The van der Waals surface area contributed by atoms with Crippen LogP contribution >= 0.6 is 15.9 Å². The highest BCUT2D eigenvalue weighted by Gasteiger charge is 2.31. The first-order valence-electron chi connectivity index (χ1n) is 6.29. The SMILES string of the molecule is COCC(=O)N1CCC[C@H]1c1cc(Br)ccc1OC. The van der Waals surface area contributed by atoms with Crippen molar-refractivity contribution in [1.29, 1.82) is 0 Å². The number of rotatable bonds is 4. The topological polar surface area (TPSA) is 38.8 Å². The van der Waals surface area contributed by atoms with E-state index in [4.69, 9.17) is 9.47 Å². The maximum atomic E-state index is 12.1. The van der Waals surface area contributed by atoms with Crippen LogP contribution in [0, 0.1) is 0 Å². The molecule has 0 spiro atoms. The predicted molar refractivity (Wildman–Crippen MR) is 76.3 cm³/mol. The number of hydrogen-bond donors (Lipinski definition) is 0. The number of hydrogen-bond acceptors (Lipinski definition) is 3. The van der Waals surface area contributed by atoms with Crippen LogP contribution in [0.1, 0.15) is 24.4 Å². The summed E-state index contributed by atoms with van der Waals surface area (Å²) in [6, 6.07) is 5.98. The molecule has 0 radical (unpaired) electrons. The molecule has 1 fully saturated rings. The third-order valence-corrected chi connectivity index (χ3v) is 3.88. The molecule has 1 aromatic carbocycles. The zero-order chi connectivity index (χ0) is 13.8. The molecule has 2 rings (SSSR count). The van der Waals surface area contributed by atoms with Gasteiger partial charge in [-0.05, 0) is 31.0 Å². The molecule has 0 bridgehead atoms. The Hall–Kier alpha value is -1.07. The maximum absolute atomic E-state index is 12.1. The van der Waals surface area contributed by atoms with Crippen molar-refractivity contribution in [3.05, 3.63) is 28.2 Å². The molecule has 1 atom stereocenters. The molecule has 0 N–H and O–H groups in total. The molecule has 0 aliphatic carbocycles. The summed E-state index contributed by atoms with van der Waals surface area (Å²) in [5, 5.41) is 0. The van der Waals surface area contributed by atoms with Gasteiger partial charge in [0.1, 0.15) is 12.4 Å². The van der Waals surface area contributed by atoms with Gasteiger partial charge in [-0.2, -0.15) is 0 Å². The van der Waals surface area contributed by atoms with Crippen LogP contribution in [-0.2, 0) is 9.53 Å². The molecule has 1 aliphatic heterocycles. The quantitative estimate of drug-likeness (QED) is 0.853. The highest BCUT2D eigenvalue weighted by Crippen LogP contribution is 2.38. The number of nitrogens with zero attached hydrogens (tertiary/aromatic N) is 1. The highest BCUT2D eigenvalue weighted by molar-refractivity contribution is 9.10. The maximum Gasteiger partial charge on any atom is 0.249 e. The van der Waals surface area contributed by atoms with Gasteiger partial charge in [0.05, 0.1) is 13.2 Å². The Kier molecular flexibility index (Phi) is 4.82. The second-order valence-electron chi connectivity index (χ2n) is 4.56. The van der Waals surface area contributed by atoms with Gasteiger partial charge in [0.25, 0.3) is 0 Å². The van der Waals surface area contributed by atoms with Crippen molar-refractivity contribution in [2.45, 2.75) is 18.9 Å². The molecule has 0 saturated carbocycles. The van der Waals surface area contributed by atoms with Gasteiger partial charge in [0.15, 0.2) is 0 Å². The zero-order valence-corrected chi connectivity index (χ0v) is 12.8. The molecule has 1 aromatic rings. The van der Waals surface area contributed by atoms with Gasteiger partial charge in [-0.15, -0.1) is 0 Å². The Morgan fingerprint density at radius 3 is 2.95 bits per heavy atom. The Morgan fingerprint density at radius 2 is 2.26 bits per heavy atom. The van der Waals surface area contributed by atoms with Crippen molar-refractivity contribution in [3.8, 4) is 5.75 Å². The lowest BCUT2D eigenvalue weighted by atomic mass is 10.0. The van der Waals surface area contributed by atoms with E-state index in [0.717, 1.165) is 35.2 Å². The van der Waals surface area contributed by atoms with Crippen LogP contribution in [0.4, 0.5) is 0 Å². The minimum absolute atomic E-state index is 0.0343. The molecule has 1 amide bonds. The Morgan fingerprint density at radius 1 is 1.47 bits per heavy atom. The molecule has 1 heterocycles.